The average molecular weight is 474 g/mol. The zero-order chi connectivity index (χ0) is 23.8. The molecule has 0 aromatic heterocycles. The van der Waals surface area contributed by atoms with Gasteiger partial charge in [-0.05, 0) is 77.3 Å². The third-order valence-corrected chi connectivity index (χ3v) is 9.69. The van der Waals surface area contributed by atoms with E-state index < -0.39 is 12.2 Å². The molecule has 6 aliphatic rings. The highest BCUT2D eigenvalue weighted by atomic mass is 19.1. The van der Waals surface area contributed by atoms with Crippen molar-refractivity contribution in [3.8, 4) is 6.07 Å². The third kappa shape index (κ3) is 4.58. The molecule has 3 saturated carbocycles. The zero-order valence-corrected chi connectivity index (χ0v) is 20.4. The number of nitrogens with zero attached hydrogens (tertiary/aromatic N) is 4. The van der Waals surface area contributed by atoms with Gasteiger partial charge in [-0.1, -0.05) is 6.42 Å². The van der Waals surface area contributed by atoms with E-state index in [1.165, 1.54) is 37.3 Å². The van der Waals surface area contributed by atoms with E-state index in [2.05, 4.69) is 21.2 Å². The lowest BCUT2D eigenvalue weighted by Gasteiger charge is -2.54. The molecule has 7 nitrogen and oxygen atoms in total. The highest BCUT2D eigenvalue weighted by Gasteiger charge is 2.53. The van der Waals surface area contributed by atoms with Gasteiger partial charge < -0.3 is 20.0 Å². The molecule has 3 aliphatic carbocycles. The highest BCUT2D eigenvalue weighted by Crippen LogP contribution is 2.53. The molecule has 2 atom stereocenters. The fourth-order valence-corrected chi connectivity index (χ4v) is 7.37. The zero-order valence-electron chi connectivity index (χ0n) is 20.4. The molecule has 2 bridgehead atoms. The van der Waals surface area contributed by atoms with Crippen LogP contribution in [0, 0.1) is 16.7 Å². The summed E-state index contributed by atoms with van der Waals surface area (Å²) >= 11 is 0. The summed E-state index contributed by atoms with van der Waals surface area (Å²) in [5.74, 6) is 0.188. The highest BCUT2D eigenvalue weighted by molar-refractivity contribution is 5.83. The molecule has 6 fully saturated rings. The summed E-state index contributed by atoms with van der Waals surface area (Å²) in [5.41, 5.74) is -0.316. The Labute approximate surface area is 203 Å². The van der Waals surface area contributed by atoms with Gasteiger partial charge in [-0.15, -0.1) is 0 Å². The van der Waals surface area contributed by atoms with Crippen LogP contribution >= 0.6 is 0 Å². The maximum absolute atomic E-state index is 13.7. The van der Waals surface area contributed by atoms with Gasteiger partial charge in [0, 0.05) is 36.5 Å². The Bertz CT molecular complexity index is 790. The molecule has 0 unspecified atom stereocenters. The maximum Gasteiger partial charge on any atom is 0.237 e. The van der Waals surface area contributed by atoms with E-state index in [9.17, 15) is 19.2 Å². The first-order valence-corrected chi connectivity index (χ1v) is 13.6. The van der Waals surface area contributed by atoms with Crippen molar-refractivity contribution in [2.24, 2.45) is 5.41 Å². The fraction of sp³-hybridized carbons (Fsp3) is 0.885. The van der Waals surface area contributed by atoms with Gasteiger partial charge in [0.05, 0.1) is 19.2 Å². The van der Waals surface area contributed by atoms with Gasteiger partial charge in [0.1, 0.15) is 12.2 Å². The molecule has 0 aromatic carbocycles. The van der Waals surface area contributed by atoms with E-state index >= 15 is 0 Å². The van der Waals surface area contributed by atoms with Crippen LogP contribution in [0.25, 0.3) is 0 Å². The van der Waals surface area contributed by atoms with Crippen molar-refractivity contribution in [2.75, 3.05) is 39.3 Å². The molecular formula is C26H40FN5O2. The Hall–Kier alpha value is -1.72. The largest absolute Gasteiger partial charge is 0.342 e. The number of piperidine rings is 2. The van der Waals surface area contributed by atoms with Gasteiger partial charge in [0.15, 0.2) is 0 Å². The molecule has 6 rings (SSSR count). The van der Waals surface area contributed by atoms with Crippen LogP contribution in [0.1, 0.15) is 77.0 Å². The molecule has 2 amide bonds. The fourth-order valence-electron chi connectivity index (χ4n) is 7.37. The van der Waals surface area contributed by atoms with E-state index in [0.29, 0.717) is 11.9 Å². The SMILES string of the molecule is N#C[C@@H]1C[C@H](F)CN1C(=O)CNC12CCC(C(=O)N3CCC(N4CCCCC4)CC3)(CC1)CC2. The summed E-state index contributed by atoms with van der Waals surface area (Å²) in [6.45, 7) is 4.41. The Morgan fingerprint density at radius 3 is 2.24 bits per heavy atom. The smallest absolute Gasteiger partial charge is 0.237 e. The second-order valence-electron chi connectivity index (χ2n) is 11.6. The van der Waals surface area contributed by atoms with Crippen molar-refractivity contribution in [3.05, 3.63) is 0 Å². The lowest BCUT2D eigenvalue weighted by molar-refractivity contribution is -0.152. The molecule has 0 spiro atoms. The number of amides is 2. The topological polar surface area (TPSA) is 79.7 Å². The number of carbonyl (C=O) groups excluding carboxylic acids is 2. The van der Waals surface area contributed by atoms with Crippen molar-refractivity contribution in [2.45, 2.75) is 101 Å². The summed E-state index contributed by atoms with van der Waals surface area (Å²) in [4.78, 5) is 32.5. The first kappa shape index (κ1) is 24.0. The van der Waals surface area contributed by atoms with Crippen molar-refractivity contribution < 1.29 is 14.0 Å². The predicted molar refractivity (Wildman–Crippen MR) is 127 cm³/mol. The van der Waals surface area contributed by atoms with Crippen LogP contribution in [0.5, 0.6) is 0 Å². The predicted octanol–water partition coefficient (Wildman–Crippen LogP) is 2.61. The molecule has 0 radical (unpaired) electrons. The van der Waals surface area contributed by atoms with Crippen LogP contribution in [0.15, 0.2) is 0 Å². The molecule has 0 aromatic rings. The standard InChI is InChI=1S/C26H40FN5O2/c27-20-16-22(17-28)32(19-20)23(33)18-29-26-9-6-25(7-10-26,8-11-26)24(34)31-14-4-21(5-15-31)30-12-2-1-3-13-30/h20-22,29H,1-16,18-19H2/t20-,22-,25?,26?/m0/s1. The summed E-state index contributed by atoms with van der Waals surface area (Å²) in [5, 5.41) is 12.7. The van der Waals surface area contributed by atoms with Gasteiger partial charge in [0.25, 0.3) is 0 Å². The molecule has 188 valence electrons. The van der Waals surface area contributed by atoms with E-state index in [4.69, 9.17) is 0 Å². The monoisotopic (exact) mass is 473 g/mol. The van der Waals surface area contributed by atoms with Crippen LogP contribution < -0.4 is 5.32 Å². The molecule has 34 heavy (non-hydrogen) atoms. The summed E-state index contributed by atoms with van der Waals surface area (Å²) in [6.07, 6.45) is 10.6. The van der Waals surface area contributed by atoms with Gasteiger partial charge >= 0.3 is 0 Å². The van der Waals surface area contributed by atoms with E-state index in [-0.39, 0.29) is 36.4 Å². The van der Waals surface area contributed by atoms with Crippen molar-refractivity contribution in [1.82, 2.24) is 20.0 Å². The number of likely N-dealkylation sites (tertiary alicyclic amines) is 3. The van der Waals surface area contributed by atoms with E-state index in [0.717, 1.165) is 64.5 Å². The number of alkyl halides is 1. The van der Waals surface area contributed by atoms with Crippen molar-refractivity contribution in [3.63, 3.8) is 0 Å². The summed E-state index contributed by atoms with van der Waals surface area (Å²) < 4.78 is 13.7. The van der Waals surface area contributed by atoms with Crippen molar-refractivity contribution in [1.29, 1.82) is 5.26 Å². The Morgan fingerprint density at radius 1 is 0.971 bits per heavy atom. The second-order valence-corrected chi connectivity index (χ2v) is 11.6. The van der Waals surface area contributed by atoms with Crippen LogP contribution in [-0.4, -0.2) is 89.6 Å². The first-order chi connectivity index (χ1) is 16.4. The third-order valence-electron chi connectivity index (χ3n) is 9.69. The molecular weight excluding hydrogens is 433 g/mol. The number of rotatable bonds is 5. The Morgan fingerprint density at radius 2 is 1.62 bits per heavy atom. The number of fused-ring (bicyclic) bond motifs is 3. The summed E-state index contributed by atoms with van der Waals surface area (Å²) in [6, 6.07) is 2.06. The van der Waals surface area contributed by atoms with Crippen LogP contribution in [0.4, 0.5) is 4.39 Å². The first-order valence-electron chi connectivity index (χ1n) is 13.6. The average Bonchev–Trinajstić information content (AvgIpc) is 3.29. The van der Waals surface area contributed by atoms with Crippen LogP contribution in [0.2, 0.25) is 0 Å². The van der Waals surface area contributed by atoms with Gasteiger partial charge in [-0.2, -0.15) is 5.26 Å². The van der Waals surface area contributed by atoms with E-state index in [1.54, 1.807) is 0 Å². The van der Waals surface area contributed by atoms with E-state index in [1.807, 2.05) is 0 Å². The maximum atomic E-state index is 13.7. The lowest BCUT2D eigenvalue weighted by atomic mass is 9.56. The van der Waals surface area contributed by atoms with Crippen LogP contribution in [-0.2, 0) is 9.59 Å². The minimum absolute atomic E-state index is 0.0256. The minimum Gasteiger partial charge on any atom is -0.342 e. The molecule has 1 N–H and O–H groups in total. The molecule has 3 heterocycles. The van der Waals surface area contributed by atoms with Crippen LogP contribution in [0.3, 0.4) is 0 Å². The molecule has 3 saturated heterocycles. The number of hydrogen-bond donors (Lipinski definition) is 1. The quantitative estimate of drug-likeness (QED) is 0.664. The number of halogens is 1. The number of nitrogens with one attached hydrogen (secondary N) is 1. The molecule has 8 heteroatoms. The minimum atomic E-state index is -1.10. The normalized spacial score (nSPS) is 37.1. The van der Waals surface area contributed by atoms with Gasteiger partial charge in [0.2, 0.25) is 11.8 Å². The Kier molecular flexibility index (Phi) is 6.87. The number of hydrogen-bond acceptors (Lipinski definition) is 5. The summed E-state index contributed by atoms with van der Waals surface area (Å²) in [7, 11) is 0. The van der Waals surface area contributed by atoms with Crippen molar-refractivity contribution >= 4 is 11.8 Å². The lowest BCUT2D eigenvalue weighted by Crippen LogP contribution is -2.61. The Balaban J connectivity index is 1.11. The van der Waals surface area contributed by atoms with Gasteiger partial charge in [-0.25, -0.2) is 4.39 Å². The number of carbonyl (C=O) groups is 2. The second kappa shape index (κ2) is 9.73. The van der Waals surface area contributed by atoms with Gasteiger partial charge in [-0.3, -0.25) is 9.59 Å². The number of nitriles is 1. The molecule has 3 aliphatic heterocycles.